The van der Waals surface area contributed by atoms with Gasteiger partial charge in [-0.15, -0.1) is 12.4 Å². The smallest absolute Gasteiger partial charge is 0.0709 e. The summed E-state index contributed by atoms with van der Waals surface area (Å²) in [6, 6.07) is 17.7. The van der Waals surface area contributed by atoms with E-state index in [1.54, 1.807) is 6.07 Å². The highest BCUT2D eigenvalue weighted by Crippen LogP contribution is 2.23. The molecule has 0 spiro atoms. The van der Waals surface area contributed by atoms with Crippen LogP contribution in [0.2, 0.25) is 10.0 Å². The van der Waals surface area contributed by atoms with Crippen LogP contribution < -0.4 is 0 Å². The molecule has 106 valence electrons. The predicted molar refractivity (Wildman–Crippen MR) is 94.4 cm³/mol. The standard InChI is InChI=1S/C17H11Cl2N.ClH/c18-15-10-6-12(11-16(15)19)5-8-14-9-7-13-3-1-2-4-17(13)20-14;/h1-11H;1H/b8-5+;. The minimum Gasteiger partial charge on any atom is -0.248 e. The van der Waals surface area contributed by atoms with Gasteiger partial charge in [0.15, 0.2) is 0 Å². The van der Waals surface area contributed by atoms with Crippen LogP contribution in [-0.4, -0.2) is 4.98 Å². The van der Waals surface area contributed by atoms with Crippen LogP contribution in [0.25, 0.3) is 23.1 Å². The minimum absolute atomic E-state index is 0. The highest BCUT2D eigenvalue weighted by Gasteiger charge is 1.98. The molecule has 0 atom stereocenters. The molecule has 1 nitrogen and oxygen atoms in total. The topological polar surface area (TPSA) is 12.9 Å². The molecular formula is C17H12Cl3N. The van der Waals surface area contributed by atoms with Crippen molar-refractivity contribution >= 4 is 58.7 Å². The van der Waals surface area contributed by atoms with Crippen molar-refractivity contribution in [1.29, 1.82) is 0 Å². The lowest BCUT2D eigenvalue weighted by Gasteiger charge is -1.99. The number of aromatic nitrogens is 1. The number of fused-ring (bicyclic) bond motifs is 1. The van der Waals surface area contributed by atoms with Crippen molar-refractivity contribution in [2.45, 2.75) is 0 Å². The molecule has 0 bridgehead atoms. The molecule has 0 saturated carbocycles. The molecule has 21 heavy (non-hydrogen) atoms. The molecule has 3 aromatic rings. The maximum atomic E-state index is 5.99. The summed E-state index contributed by atoms with van der Waals surface area (Å²) in [5.74, 6) is 0. The van der Waals surface area contributed by atoms with Crippen molar-refractivity contribution in [3.8, 4) is 0 Å². The number of hydrogen-bond donors (Lipinski definition) is 0. The van der Waals surface area contributed by atoms with Crippen LogP contribution in [0.5, 0.6) is 0 Å². The number of para-hydroxylation sites is 1. The summed E-state index contributed by atoms with van der Waals surface area (Å²) in [6.07, 6.45) is 3.94. The van der Waals surface area contributed by atoms with Gasteiger partial charge in [0.1, 0.15) is 0 Å². The van der Waals surface area contributed by atoms with Crippen molar-refractivity contribution < 1.29 is 0 Å². The fourth-order valence-electron chi connectivity index (χ4n) is 1.97. The van der Waals surface area contributed by atoms with E-state index in [0.717, 1.165) is 22.2 Å². The fourth-order valence-corrected chi connectivity index (χ4v) is 2.28. The average Bonchev–Trinajstić information content (AvgIpc) is 2.48. The summed E-state index contributed by atoms with van der Waals surface area (Å²) in [6.45, 7) is 0. The van der Waals surface area contributed by atoms with Crippen LogP contribution in [0.15, 0.2) is 54.6 Å². The Hall–Kier alpha value is -1.54. The van der Waals surface area contributed by atoms with E-state index in [-0.39, 0.29) is 12.4 Å². The summed E-state index contributed by atoms with van der Waals surface area (Å²) >= 11 is 11.9. The lowest BCUT2D eigenvalue weighted by molar-refractivity contribution is 1.37. The van der Waals surface area contributed by atoms with Crippen LogP contribution in [0.4, 0.5) is 0 Å². The van der Waals surface area contributed by atoms with Gasteiger partial charge >= 0.3 is 0 Å². The van der Waals surface area contributed by atoms with Gasteiger partial charge in [-0.25, -0.2) is 4.98 Å². The summed E-state index contributed by atoms with van der Waals surface area (Å²) in [5.41, 5.74) is 2.90. The Morgan fingerprint density at radius 2 is 1.62 bits per heavy atom. The first-order chi connectivity index (χ1) is 9.72. The molecule has 0 aliphatic rings. The zero-order valence-corrected chi connectivity index (χ0v) is 13.3. The average molecular weight is 337 g/mol. The number of benzene rings is 2. The van der Waals surface area contributed by atoms with Crippen LogP contribution >= 0.6 is 35.6 Å². The largest absolute Gasteiger partial charge is 0.248 e. The van der Waals surface area contributed by atoms with E-state index in [2.05, 4.69) is 17.1 Å². The molecule has 0 aliphatic carbocycles. The molecule has 0 saturated heterocycles. The number of nitrogens with zero attached hydrogens (tertiary/aromatic N) is 1. The molecule has 0 aliphatic heterocycles. The Kier molecular flexibility index (Phi) is 5.24. The second-order valence-corrected chi connectivity index (χ2v) is 5.25. The monoisotopic (exact) mass is 335 g/mol. The molecule has 2 aromatic carbocycles. The Bertz CT molecular complexity index is 797. The summed E-state index contributed by atoms with van der Waals surface area (Å²) in [4.78, 5) is 4.58. The van der Waals surface area contributed by atoms with Gasteiger partial charge in [-0.2, -0.15) is 0 Å². The number of pyridine rings is 1. The highest BCUT2D eigenvalue weighted by atomic mass is 35.5. The first-order valence-corrected chi connectivity index (χ1v) is 6.97. The van der Waals surface area contributed by atoms with E-state index >= 15 is 0 Å². The van der Waals surface area contributed by atoms with Gasteiger partial charge in [0.2, 0.25) is 0 Å². The van der Waals surface area contributed by atoms with Crippen molar-refractivity contribution in [3.63, 3.8) is 0 Å². The Morgan fingerprint density at radius 3 is 2.43 bits per heavy atom. The van der Waals surface area contributed by atoms with E-state index < -0.39 is 0 Å². The SMILES string of the molecule is Cl.Clc1ccc(/C=C/c2ccc3ccccc3n2)cc1Cl. The van der Waals surface area contributed by atoms with Crippen molar-refractivity contribution in [1.82, 2.24) is 4.98 Å². The van der Waals surface area contributed by atoms with E-state index in [4.69, 9.17) is 23.2 Å². The maximum absolute atomic E-state index is 5.99. The normalized spacial score (nSPS) is 10.8. The van der Waals surface area contributed by atoms with E-state index in [1.807, 2.05) is 48.6 Å². The third kappa shape index (κ3) is 3.76. The zero-order chi connectivity index (χ0) is 13.9. The molecule has 1 aromatic heterocycles. The van der Waals surface area contributed by atoms with Crippen LogP contribution in [0.3, 0.4) is 0 Å². The third-order valence-electron chi connectivity index (χ3n) is 3.01. The third-order valence-corrected chi connectivity index (χ3v) is 3.75. The van der Waals surface area contributed by atoms with Gasteiger partial charge in [0.25, 0.3) is 0 Å². The van der Waals surface area contributed by atoms with Crippen LogP contribution in [0.1, 0.15) is 11.3 Å². The number of halogens is 3. The molecule has 1 heterocycles. The van der Waals surface area contributed by atoms with Crippen LogP contribution in [0, 0.1) is 0 Å². The molecule has 0 unspecified atom stereocenters. The van der Waals surface area contributed by atoms with Gasteiger partial charge in [0, 0.05) is 5.39 Å². The zero-order valence-electron chi connectivity index (χ0n) is 11.0. The number of rotatable bonds is 2. The Balaban J connectivity index is 0.00000161. The summed E-state index contributed by atoms with van der Waals surface area (Å²) in [5, 5.41) is 2.26. The summed E-state index contributed by atoms with van der Waals surface area (Å²) < 4.78 is 0. The first-order valence-electron chi connectivity index (χ1n) is 6.21. The van der Waals surface area contributed by atoms with Gasteiger partial charge in [-0.1, -0.05) is 59.6 Å². The summed E-state index contributed by atoms with van der Waals surface area (Å²) in [7, 11) is 0. The quantitative estimate of drug-likeness (QED) is 0.548. The predicted octanol–water partition coefficient (Wildman–Crippen LogP) is 6.13. The molecule has 0 N–H and O–H groups in total. The van der Waals surface area contributed by atoms with Gasteiger partial charge < -0.3 is 0 Å². The van der Waals surface area contributed by atoms with Crippen molar-refractivity contribution in [3.05, 3.63) is 75.9 Å². The van der Waals surface area contributed by atoms with E-state index in [1.165, 1.54) is 0 Å². The number of hydrogen-bond acceptors (Lipinski definition) is 1. The lowest BCUT2D eigenvalue weighted by atomic mass is 10.1. The van der Waals surface area contributed by atoms with E-state index in [9.17, 15) is 0 Å². The molecule has 3 rings (SSSR count). The first kappa shape index (κ1) is 15.8. The minimum atomic E-state index is 0. The van der Waals surface area contributed by atoms with E-state index in [0.29, 0.717) is 10.0 Å². The van der Waals surface area contributed by atoms with Crippen molar-refractivity contribution in [2.75, 3.05) is 0 Å². The molecule has 0 radical (unpaired) electrons. The van der Waals surface area contributed by atoms with Crippen LogP contribution in [-0.2, 0) is 0 Å². The second kappa shape index (κ2) is 6.95. The maximum Gasteiger partial charge on any atom is 0.0709 e. The van der Waals surface area contributed by atoms with Gasteiger partial charge in [-0.3, -0.25) is 0 Å². The van der Waals surface area contributed by atoms with Crippen molar-refractivity contribution in [2.24, 2.45) is 0 Å². The molecule has 4 heteroatoms. The van der Waals surface area contributed by atoms with Gasteiger partial charge in [-0.05, 0) is 35.9 Å². The molecule has 0 amide bonds. The second-order valence-electron chi connectivity index (χ2n) is 4.44. The Morgan fingerprint density at radius 1 is 0.810 bits per heavy atom. The fraction of sp³-hybridized carbons (Fsp3) is 0. The highest BCUT2D eigenvalue weighted by molar-refractivity contribution is 6.42. The molecular weight excluding hydrogens is 325 g/mol. The Labute approximate surface area is 139 Å². The molecule has 0 fully saturated rings. The lowest BCUT2D eigenvalue weighted by Crippen LogP contribution is -1.82. The van der Waals surface area contributed by atoms with Gasteiger partial charge in [0.05, 0.1) is 21.3 Å².